The van der Waals surface area contributed by atoms with Gasteiger partial charge in [-0.2, -0.15) is 0 Å². The standard InChI is InChI=1S/C5H9IO/c1-5(2,7)3-4-6/h3-4,7H,1-2H3/b4-3+. The molecule has 0 atom stereocenters. The van der Waals surface area contributed by atoms with E-state index < -0.39 is 5.60 Å². The molecular formula is C5H9IO. The first-order valence-electron chi connectivity index (χ1n) is 2.06. The summed E-state index contributed by atoms with van der Waals surface area (Å²) in [4.78, 5) is 0. The first kappa shape index (κ1) is 7.43. The highest BCUT2D eigenvalue weighted by molar-refractivity contribution is 14.1. The van der Waals surface area contributed by atoms with Gasteiger partial charge in [-0.05, 0) is 24.0 Å². The Balaban J connectivity index is 3.56. The van der Waals surface area contributed by atoms with E-state index in [0.29, 0.717) is 0 Å². The summed E-state index contributed by atoms with van der Waals surface area (Å²) in [5.74, 6) is 0. The average Bonchev–Trinajstić information content (AvgIpc) is 1.30. The largest absolute Gasteiger partial charge is 0.386 e. The van der Waals surface area contributed by atoms with Gasteiger partial charge in [0.1, 0.15) is 0 Å². The van der Waals surface area contributed by atoms with Gasteiger partial charge in [-0.25, -0.2) is 0 Å². The van der Waals surface area contributed by atoms with Crippen LogP contribution in [0.15, 0.2) is 10.2 Å². The van der Waals surface area contributed by atoms with Crippen molar-refractivity contribution in [2.75, 3.05) is 0 Å². The average molecular weight is 212 g/mol. The van der Waals surface area contributed by atoms with Crippen LogP contribution in [0.5, 0.6) is 0 Å². The van der Waals surface area contributed by atoms with Crippen LogP contribution in [-0.2, 0) is 0 Å². The van der Waals surface area contributed by atoms with Crippen LogP contribution in [0.3, 0.4) is 0 Å². The Morgan fingerprint density at radius 1 is 1.57 bits per heavy atom. The van der Waals surface area contributed by atoms with E-state index in [0.717, 1.165) is 0 Å². The van der Waals surface area contributed by atoms with Gasteiger partial charge in [0.25, 0.3) is 0 Å². The number of rotatable bonds is 1. The minimum atomic E-state index is -0.638. The predicted octanol–water partition coefficient (Wildman–Crippen LogP) is 1.71. The van der Waals surface area contributed by atoms with Crippen LogP contribution >= 0.6 is 22.6 Å². The summed E-state index contributed by atoms with van der Waals surface area (Å²) in [6.45, 7) is 3.48. The molecule has 0 radical (unpaired) electrons. The number of aliphatic hydroxyl groups is 1. The van der Waals surface area contributed by atoms with Crippen molar-refractivity contribution in [1.29, 1.82) is 0 Å². The third-order valence-electron chi connectivity index (χ3n) is 0.471. The lowest BCUT2D eigenvalue weighted by Crippen LogP contribution is -2.12. The smallest absolute Gasteiger partial charge is 0.0778 e. The summed E-state index contributed by atoms with van der Waals surface area (Å²) in [7, 11) is 0. The third-order valence-corrected chi connectivity index (χ3v) is 0.830. The molecule has 0 spiro atoms. The monoisotopic (exact) mass is 212 g/mol. The maximum absolute atomic E-state index is 8.93. The van der Waals surface area contributed by atoms with Crippen LogP contribution < -0.4 is 0 Å². The molecule has 0 saturated heterocycles. The highest BCUT2D eigenvalue weighted by atomic mass is 127. The summed E-state index contributed by atoms with van der Waals surface area (Å²) in [5.41, 5.74) is -0.638. The van der Waals surface area contributed by atoms with Gasteiger partial charge in [0, 0.05) is 0 Å². The van der Waals surface area contributed by atoms with Crippen molar-refractivity contribution in [3.63, 3.8) is 0 Å². The van der Waals surface area contributed by atoms with Crippen molar-refractivity contribution >= 4 is 22.6 Å². The molecule has 0 saturated carbocycles. The molecule has 0 unspecified atom stereocenters. The number of hydrogen-bond donors (Lipinski definition) is 1. The van der Waals surface area contributed by atoms with E-state index in [4.69, 9.17) is 5.11 Å². The van der Waals surface area contributed by atoms with Gasteiger partial charge in [0.15, 0.2) is 0 Å². The van der Waals surface area contributed by atoms with Crippen LogP contribution in [0.4, 0.5) is 0 Å². The third kappa shape index (κ3) is 6.43. The number of hydrogen-bond acceptors (Lipinski definition) is 1. The van der Waals surface area contributed by atoms with Crippen LogP contribution in [0.2, 0.25) is 0 Å². The van der Waals surface area contributed by atoms with Crippen molar-refractivity contribution in [2.24, 2.45) is 0 Å². The molecule has 0 heterocycles. The SMILES string of the molecule is CC(C)(O)/C=C/I. The van der Waals surface area contributed by atoms with E-state index in [1.807, 2.05) is 0 Å². The maximum atomic E-state index is 8.93. The zero-order chi connectivity index (χ0) is 5.91. The van der Waals surface area contributed by atoms with E-state index in [1.165, 1.54) is 0 Å². The van der Waals surface area contributed by atoms with Crippen LogP contribution in [0.1, 0.15) is 13.8 Å². The maximum Gasteiger partial charge on any atom is 0.0778 e. The first-order chi connectivity index (χ1) is 3.06. The fraction of sp³-hybridized carbons (Fsp3) is 0.600. The normalized spacial score (nSPS) is 13.1. The minimum Gasteiger partial charge on any atom is -0.386 e. The van der Waals surface area contributed by atoms with Gasteiger partial charge in [-0.15, -0.1) is 0 Å². The van der Waals surface area contributed by atoms with E-state index in [-0.39, 0.29) is 0 Å². The molecule has 0 rings (SSSR count). The van der Waals surface area contributed by atoms with E-state index in [9.17, 15) is 0 Å². The van der Waals surface area contributed by atoms with Crippen molar-refractivity contribution < 1.29 is 5.11 Å². The van der Waals surface area contributed by atoms with E-state index in [1.54, 1.807) is 24.0 Å². The molecule has 0 aromatic heterocycles. The van der Waals surface area contributed by atoms with Gasteiger partial charge in [0.2, 0.25) is 0 Å². The van der Waals surface area contributed by atoms with Crippen LogP contribution in [0, 0.1) is 0 Å². The molecule has 0 aliphatic carbocycles. The molecule has 1 nitrogen and oxygen atoms in total. The number of halogens is 1. The Hall–Kier alpha value is 0.430. The molecule has 0 aliphatic heterocycles. The van der Waals surface area contributed by atoms with E-state index >= 15 is 0 Å². The predicted molar refractivity (Wildman–Crippen MR) is 39.5 cm³/mol. The quantitative estimate of drug-likeness (QED) is 0.656. The summed E-state index contributed by atoms with van der Waals surface area (Å²) in [5, 5.41) is 8.93. The van der Waals surface area contributed by atoms with Crippen molar-refractivity contribution in [2.45, 2.75) is 19.4 Å². The Morgan fingerprint density at radius 2 is 2.00 bits per heavy atom. The molecule has 2 heteroatoms. The van der Waals surface area contributed by atoms with Gasteiger partial charge < -0.3 is 5.11 Å². The molecule has 0 aliphatic rings. The lowest BCUT2D eigenvalue weighted by atomic mass is 10.1. The molecule has 1 N–H and O–H groups in total. The Bertz CT molecular complexity index is 70.6. The molecule has 0 amide bonds. The minimum absolute atomic E-state index is 0.638. The molecule has 7 heavy (non-hydrogen) atoms. The van der Waals surface area contributed by atoms with Gasteiger partial charge in [-0.3, -0.25) is 0 Å². The fourth-order valence-corrected chi connectivity index (χ4v) is 1.03. The van der Waals surface area contributed by atoms with Gasteiger partial charge >= 0.3 is 0 Å². The van der Waals surface area contributed by atoms with Gasteiger partial charge in [0.05, 0.1) is 5.60 Å². The summed E-state index contributed by atoms with van der Waals surface area (Å²) in [6, 6.07) is 0. The lowest BCUT2D eigenvalue weighted by molar-refractivity contribution is 0.133. The first-order valence-corrected chi connectivity index (χ1v) is 3.31. The molecule has 0 bridgehead atoms. The molecule has 0 aromatic rings. The Morgan fingerprint density at radius 3 is 2.00 bits per heavy atom. The zero-order valence-corrected chi connectivity index (χ0v) is 6.64. The van der Waals surface area contributed by atoms with Gasteiger partial charge in [-0.1, -0.05) is 22.6 Å². The Labute approximate surface area is 57.6 Å². The summed E-state index contributed by atoms with van der Waals surface area (Å²) in [6.07, 6.45) is 1.73. The second-order valence-corrected chi connectivity index (χ2v) is 2.67. The second-order valence-electron chi connectivity index (χ2n) is 1.95. The topological polar surface area (TPSA) is 20.2 Å². The summed E-state index contributed by atoms with van der Waals surface area (Å²) < 4.78 is 1.80. The molecule has 0 fully saturated rings. The lowest BCUT2D eigenvalue weighted by Gasteiger charge is -2.08. The highest BCUT2D eigenvalue weighted by Gasteiger charge is 2.03. The van der Waals surface area contributed by atoms with Crippen LogP contribution in [-0.4, -0.2) is 10.7 Å². The van der Waals surface area contributed by atoms with Crippen molar-refractivity contribution in [3.8, 4) is 0 Å². The van der Waals surface area contributed by atoms with Crippen molar-refractivity contribution in [1.82, 2.24) is 0 Å². The second kappa shape index (κ2) is 2.67. The van der Waals surface area contributed by atoms with Crippen molar-refractivity contribution in [3.05, 3.63) is 10.2 Å². The molecule has 42 valence electrons. The molecular weight excluding hydrogens is 203 g/mol. The fourth-order valence-electron chi connectivity index (χ4n) is 0.154. The molecule has 0 aromatic carbocycles. The summed E-state index contributed by atoms with van der Waals surface area (Å²) >= 11 is 2.07. The Kier molecular flexibility index (Phi) is 2.83. The zero-order valence-electron chi connectivity index (χ0n) is 4.48. The highest BCUT2D eigenvalue weighted by Crippen LogP contribution is 2.03. The van der Waals surface area contributed by atoms with Crippen LogP contribution in [0.25, 0.3) is 0 Å². The van der Waals surface area contributed by atoms with E-state index in [2.05, 4.69) is 22.6 Å².